The smallest absolute Gasteiger partial charge is 0.252 e. The first-order valence-corrected chi connectivity index (χ1v) is 7.75. The third-order valence-corrected chi connectivity index (χ3v) is 3.86. The predicted molar refractivity (Wildman–Crippen MR) is 83.1 cm³/mol. The van der Waals surface area contributed by atoms with E-state index in [1.54, 1.807) is 25.1 Å². The highest BCUT2D eigenvalue weighted by molar-refractivity contribution is 8.00. The molecule has 0 aliphatic rings. The van der Waals surface area contributed by atoms with Gasteiger partial charge in [-0.25, -0.2) is 0 Å². The normalized spacial score (nSPS) is 10.2. The van der Waals surface area contributed by atoms with Crippen molar-refractivity contribution in [1.29, 1.82) is 0 Å². The van der Waals surface area contributed by atoms with Crippen LogP contribution in [0.25, 0.3) is 0 Å². The standard InChI is InChI=1S/C15H22N2O2S/c1-4-5-10-16-15(19)12-8-6-7-9-13(12)20-11-14(18)17(2)3/h6-9H,4-5,10-11H2,1-3H3,(H,16,19). The Morgan fingerprint density at radius 2 is 1.95 bits per heavy atom. The minimum atomic E-state index is -0.0705. The van der Waals surface area contributed by atoms with Crippen molar-refractivity contribution in [3.05, 3.63) is 29.8 Å². The third-order valence-electron chi connectivity index (χ3n) is 2.80. The number of hydrogen-bond donors (Lipinski definition) is 1. The van der Waals surface area contributed by atoms with Gasteiger partial charge in [-0.2, -0.15) is 0 Å². The zero-order valence-electron chi connectivity index (χ0n) is 12.3. The van der Waals surface area contributed by atoms with E-state index in [1.807, 2.05) is 18.2 Å². The summed E-state index contributed by atoms with van der Waals surface area (Å²) in [5, 5.41) is 2.90. The molecule has 0 radical (unpaired) electrons. The van der Waals surface area contributed by atoms with Crippen LogP contribution < -0.4 is 5.32 Å². The van der Waals surface area contributed by atoms with Crippen LogP contribution in [0, 0.1) is 0 Å². The highest BCUT2D eigenvalue weighted by Gasteiger charge is 2.12. The van der Waals surface area contributed by atoms with Gasteiger partial charge >= 0.3 is 0 Å². The number of carbonyl (C=O) groups is 2. The van der Waals surface area contributed by atoms with E-state index in [0.29, 0.717) is 17.9 Å². The highest BCUT2D eigenvalue weighted by atomic mass is 32.2. The van der Waals surface area contributed by atoms with Crippen molar-refractivity contribution in [2.24, 2.45) is 0 Å². The number of unbranched alkanes of at least 4 members (excludes halogenated alkanes) is 1. The minimum Gasteiger partial charge on any atom is -0.352 e. The molecule has 1 rings (SSSR count). The first-order valence-electron chi connectivity index (χ1n) is 6.76. The molecule has 0 atom stereocenters. The summed E-state index contributed by atoms with van der Waals surface area (Å²) in [6.07, 6.45) is 2.02. The topological polar surface area (TPSA) is 49.4 Å². The Hall–Kier alpha value is -1.49. The molecule has 1 aromatic rings. The lowest BCUT2D eigenvalue weighted by atomic mass is 10.2. The Labute approximate surface area is 124 Å². The zero-order valence-corrected chi connectivity index (χ0v) is 13.1. The Morgan fingerprint density at radius 3 is 2.60 bits per heavy atom. The van der Waals surface area contributed by atoms with E-state index in [-0.39, 0.29) is 11.8 Å². The van der Waals surface area contributed by atoms with Crippen molar-refractivity contribution < 1.29 is 9.59 Å². The van der Waals surface area contributed by atoms with Gasteiger partial charge in [0.15, 0.2) is 0 Å². The molecule has 110 valence electrons. The van der Waals surface area contributed by atoms with Gasteiger partial charge in [-0.3, -0.25) is 9.59 Å². The summed E-state index contributed by atoms with van der Waals surface area (Å²) in [6.45, 7) is 2.77. The van der Waals surface area contributed by atoms with Crippen molar-refractivity contribution in [3.63, 3.8) is 0 Å². The maximum Gasteiger partial charge on any atom is 0.252 e. The quantitative estimate of drug-likeness (QED) is 0.620. The van der Waals surface area contributed by atoms with Crippen LogP contribution in [0.15, 0.2) is 29.2 Å². The molecular formula is C15H22N2O2S. The van der Waals surface area contributed by atoms with Gasteiger partial charge in [0.05, 0.1) is 11.3 Å². The third kappa shape index (κ3) is 5.25. The van der Waals surface area contributed by atoms with E-state index in [9.17, 15) is 9.59 Å². The zero-order chi connectivity index (χ0) is 15.0. The van der Waals surface area contributed by atoms with E-state index in [0.717, 1.165) is 17.7 Å². The number of hydrogen-bond acceptors (Lipinski definition) is 3. The fraction of sp³-hybridized carbons (Fsp3) is 0.467. The Balaban J connectivity index is 2.67. The summed E-state index contributed by atoms with van der Waals surface area (Å²) in [7, 11) is 3.46. The number of benzene rings is 1. The van der Waals surface area contributed by atoms with Gasteiger partial charge in [0.1, 0.15) is 0 Å². The van der Waals surface area contributed by atoms with E-state index in [1.165, 1.54) is 11.8 Å². The molecule has 0 saturated heterocycles. The molecule has 0 aliphatic carbocycles. The van der Waals surface area contributed by atoms with Crippen LogP contribution >= 0.6 is 11.8 Å². The summed E-state index contributed by atoms with van der Waals surface area (Å²) in [6, 6.07) is 7.39. The molecule has 0 saturated carbocycles. The molecule has 1 N–H and O–H groups in total. The molecule has 4 nitrogen and oxygen atoms in total. The number of nitrogens with zero attached hydrogens (tertiary/aromatic N) is 1. The van der Waals surface area contributed by atoms with E-state index in [2.05, 4.69) is 12.2 Å². The van der Waals surface area contributed by atoms with E-state index < -0.39 is 0 Å². The second-order valence-corrected chi connectivity index (χ2v) is 5.70. The summed E-state index contributed by atoms with van der Waals surface area (Å²) in [4.78, 5) is 26.1. The summed E-state index contributed by atoms with van der Waals surface area (Å²) >= 11 is 1.40. The Morgan fingerprint density at radius 1 is 1.25 bits per heavy atom. The first kappa shape index (κ1) is 16.6. The molecule has 5 heteroatoms. The Bertz CT molecular complexity index is 461. The van der Waals surface area contributed by atoms with Crippen LogP contribution in [0.2, 0.25) is 0 Å². The van der Waals surface area contributed by atoms with Crippen LogP contribution in [0.4, 0.5) is 0 Å². The van der Waals surface area contributed by atoms with Gasteiger partial charge in [-0.05, 0) is 18.6 Å². The van der Waals surface area contributed by atoms with Crippen molar-refractivity contribution >= 4 is 23.6 Å². The van der Waals surface area contributed by atoms with E-state index in [4.69, 9.17) is 0 Å². The van der Waals surface area contributed by atoms with Crippen LogP contribution in [-0.4, -0.2) is 43.1 Å². The van der Waals surface area contributed by atoms with E-state index >= 15 is 0 Å². The molecule has 0 heterocycles. The van der Waals surface area contributed by atoms with Gasteiger partial charge < -0.3 is 10.2 Å². The average Bonchev–Trinajstić information content (AvgIpc) is 2.45. The molecule has 20 heavy (non-hydrogen) atoms. The number of amides is 2. The second kappa shape index (κ2) is 8.64. The number of thioether (sulfide) groups is 1. The van der Waals surface area contributed by atoms with Gasteiger partial charge in [-0.15, -0.1) is 11.8 Å². The monoisotopic (exact) mass is 294 g/mol. The average molecular weight is 294 g/mol. The van der Waals surface area contributed by atoms with Gasteiger partial charge in [0, 0.05) is 25.5 Å². The molecule has 0 unspecified atom stereocenters. The van der Waals surface area contributed by atoms with Crippen molar-refractivity contribution in [3.8, 4) is 0 Å². The lowest BCUT2D eigenvalue weighted by molar-refractivity contribution is -0.125. The number of carbonyl (C=O) groups excluding carboxylic acids is 2. The van der Waals surface area contributed by atoms with Crippen molar-refractivity contribution in [1.82, 2.24) is 10.2 Å². The number of nitrogens with one attached hydrogen (secondary N) is 1. The summed E-state index contributed by atoms with van der Waals surface area (Å²) in [5.74, 6) is 0.307. The van der Waals surface area contributed by atoms with Crippen LogP contribution in [0.5, 0.6) is 0 Å². The number of rotatable bonds is 7. The Kier molecular flexibility index (Phi) is 7.15. The summed E-state index contributed by atoms with van der Waals surface area (Å²) in [5.41, 5.74) is 0.639. The lowest BCUT2D eigenvalue weighted by Crippen LogP contribution is -2.25. The molecule has 0 spiro atoms. The van der Waals surface area contributed by atoms with Crippen LogP contribution in [0.1, 0.15) is 30.1 Å². The summed E-state index contributed by atoms with van der Waals surface area (Å²) < 4.78 is 0. The second-order valence-electron chi connectivity index (χ2n) is 4.68. The predicted octanol–water partition coefficient (Wildman–Crippen LogP) is 2.40. The molecule has 0 aliphatic heterocycles. The molecule has 1 aromatic carbocycles. The molecule has 0 fully saturated rings. The molecule has 0 aromatic heterocycles. The fourth-order valence-corrected chi connectivity index (χ4v) is 2.55. The van der Waals surface area contributed by atoms with Crippen molar-refractivity contribution in [2.75, 3.05) is 26.4 Å². The SMILES string of the molecule is CCCCNC(=O)c1ccccc1SCC(=O)N(C)C. The first-order chi connectivity index (χ1) is 9.56. The minimum absolute atomic E-state index is 0.0381. The van der Waals surface area contributed by atoms with Gasteiger partial charge in [-0.1, -0.05) is 25.5 Å². The van der Waals surface area contributed by atoms with Gasteiger partial charge in [0.25, 0.3) is 5.91 Å². The maximum atomic E-state index is 12.1. The van der Waals surface area contributed by atoms with Gasteiger partial charge in [0.2, 0.25) is 5.91 Å². The molecule has 2 amide bonds. The molecule has 0 bridgehead atoms. The maximum absolute atomic E-state index is 12.1. The highest BCUT2D eigenvalue weighted by Crippen LogP contribution is 2.22. The van der Waals surface area contributed by atoms with Crippen molar-refractivity contribution in [2.45, 2.75) is 24.7 Å². The largest absolute Gasteiger partial charge is 0.352 e. The van der Waals surface area contributed by atoms with Crippen LogP contribution in [-0.2, 0) is 4.79 Å². The van der Waals surface area contributed by atoms with Crippen LogP contribution in [0.3, 0.4) is 0 Å². The lowest BCUT2D eigenvalue weighted by Gasteiger charge is -2.12. The fourth-order valence-electron chi connectivity index (χ4n) is 1.52. The molecular weight excluding hydrogens is 272 g/mol.